The van der Waals surface area contributed by atoms with Crippen LogP contribution < -0.4 is 4.74 Å². The Kier molecular flexibility index (Phi) is 3.71. The largest absolute Gasteiger partial charge is 0.424 e. The van der Waals surface area contributed by atoms with E-state index < -0.39 is 0 Å². The molecule has 0 fully saturated rings. The first-order chi connectivity index (χ1) is 13.9. The summed E-state index contributed by atoms with van der Waals surface area (Å²) in [5.74, 6) is 0.899. The van der Waals surface area contributed by atoms with Gasteiger partial charge < -0.3 is 4.74 Å². The third-order valence-electron chi connectivity index (χ3n) is 5.34. The van der Waals surface area contributed by atoms with Gasteiger partial charge in [-0.25, -0.2) is 9.97 Å². The fraction of sp³-hybridized carbons (Fsp3) is 0.174. The van der Waals surface area contributed by atoms with Gasteiger partial charge in [-0.2, -0.15) is 0 Å². The van der Waals surface area contributed by atoms with E-state index in [2.05, 4.69) is 26.0 Å². The van der Waals surface area contributed by atoms with Gasteiger partial charge in [-0.15, -0.1) is 0 Å². The van der Waals surface area contributed by atoms with Crippen LogP contribution in [0.25, 0.3) is 33.4 Å². The van der Waals surface area contributed by atoms with Crippen LogP contribution in [0.15, 0.2) is 48.7 Å². The number of imidazole rings is 1. The highest BCUT2D eigenvalue weighted by Crippen LogP contribution is 2.35. The lowest BCUT2D eigenvalue weighted by molar-refractivity contribution is -0.131. The molecular weight excluding hydrogens is 364 g/mol. The second kappa shape index (κ2) is 6.17. The zero-order valence-electron chi connectivity index (χ0n) is 16.7. The molecule has 144 valence electrons. The Balaban J connectivity index is 1.93. The van der Waals surface area contributed by atoms with Crippen LogP contribution in [0.2, 0.25) is 0 Å². The topological polar surface area (TPSA) is 61.4 Å². The number of carbonyl (C=O) groups is 1. The molecule has 0 atom stereocenters. The molecule has 0 N–H and O–H groups in total. The van der Waals surface area contributed by atoms with E-state index in [1.54, 1.807) is 0 Å². The van der Waals surface area contributed by atoms with Gasteiger partial charge in [0.25, 0.3) is 0 Å². The number of para-hydroxylation sites is 2. The maximum absolute atomic E-state index is 11.8. The lowest BCUT2D eigenvalue weighted by Crippen LogP contribution is -2.02. The molecule has 0 spiro atoms. The van der Waals surface area contributed by atoms with E-state index in [1.807, 2.05) is 52.4 Å². The summed E-state index contributed by atoms with van der Waals surface area (Å²) in [6.45, 7) is 7.53. The minimum Gasteiger partial charge on any atom is -0.424 e. The average molecular weight is 384 g/mol. The second-order valence-corrected chi connectivity index (χ2v) is 7.34. The van der Waals surface area contributed by atoms with Crippen LogP contribution in [0.5, 0.6) is 5.75 Å². The number of aromatic nitrogens is 4. The van der Waals surface area contributed by atoms with E-state index in [1.165, 1.54) is 18.1 Å². The van der Waals surface area contributed by atoms with Gasteiger partial charge in [-0.3, -0.25) is 13.8 Å². The van der Waals surface area contributed by atoms with Crippen molar-refractivity contribution < 1.29 is 9.53 Å². The van der Waals surface area contributed by atoms with Gasteiger partial charge in [0.1, 0.15) is 11.2 Å². The highest BCUT2D eigenvalue weighted by Gasteiger charge is 2.21. The third kappa shape index (κ3) is 2.60. The Morgan fingerprint density at radius 2 is 1.76 bits per heavy atom. The summed E-state index contributed by atoms with van der Waals surface area (Å²) in [7, 11) is 0. The van der Waals surface area contributed by atoms with Crippen LogP contribution in [-0.4, -0.2) is 24.9 Å². The molecule has 0 aliphatic heterocycles. The summed E-state index contributed by atoms with van der Waals surface area (Å²) in [6.07, 6.45) is 1.82. The Labute approximate surface area is 167 Å². The zero-order chi connectivity index (χ0) is 20.3. The minimum atomic E-state index is -0.376. The molecule has 0 aliphatic rings. The number of hydrogen-bond acceptors (Lipinski definition) is 4. The van der Waals surface area contributed by atoms with Gasteiger partial charge in [-0.1, -0.05) is 18.2 Å². The fourth-order valence-electron chi connectivity index (χ4n) is 3.82. The summed E-state index contributed by atoms with van der Waals surface area (Å²) in [5.41, 5.74) is 6.65. The molecular formula is C23H20N4O2. The quantitative estimate of drug-likeness (QED) is 0.415. The predicted octanol–water partition coefficient (Wildman–Crippen LogP) is 4.68. The lowest BCUT2D eigenvalue weighted by Gasteiger charge is -2.09. The number of aryl methyl sites for hydroxylation is 3. The van der Waals surface area contributed by atoms with Crippen molar-refractivity contribution in [1.29, 1.82) is 0 Å². The molecule has 2 aromatic carbocycles. The second-order valence-electron chi connectivity index (χ2n) is 7.34. The third-order valence-corrected chi connectivity index (χ3v) is 5.34. The number of benzene rings is 2. The fourth-order valence-corrected chi connectivity index (χ4v) is 3.82. The number of ether oxygens (including phenoxy) is 1. The van der Waals surface area contributed by atoms with Crippen molar-refractivity contribution in [3.05, 3.63) is 65.6 Å². The molecule has 3 heterocycles. The van der Waals surface area contributed by atoms with E-state index in [4.69, 9.17) is 14.7 Å². The summed E-state index contributed by atoms with van der Waals surface area (Å²) in [6, 6.07) is 14.2. The molecule has 0 radical (unpaired) electrons. The molecule has 6 heteroatoms. The summed E-state index contributed by atoms with van der Waals surface area (Å²) >= 11 is 0. The number of rotatable bonds is 2. The smallest absolute Gasteiger partial charge is 0.308 e. The summed E-state index contributed by atoms with van der Waals surface area (Å²) in [5, 5.41) is 0.722. The molecule has 3 aromatic heterocycles. The Bertz CT molecular complexity index is 1440. The van der Waals surface area contributed by atoms with Gasteiger partial charge in [0.15, 0.2) is 17.0 Å². The van der Waals surface area contributed by atoms with Crippen LogP contribution >= 0.6 is 0 Å². The van der Waals surface area contributed by atoms with Gasteiger partial charge >= 0.3 is 5.97 Å². The van der Waals surface area contributed by atoms with Gasteiger partial charge in [0, 0.05) is 12.6 Å². The molecule has 0 saturated carbocycles. The van der Waals surface area contributed by atoms with E-state index in [0.29, 0.717) is 11.4 Å². The summed E-state index contributed by atoms with van der Waals surface area (Å²) < 4.78 is 9.55. The first-order valence-corrected chi connectivity index (χ1v) is 9.49. The SMILES string of the molecule is CC(=O)Oc1cn(-c2ccc(C)c(C)c2)c2nc(C)n3c4ccccc4nc3c12. The number of esters is 1. The van der Waals surface area contributed by atoms with Crippen LogP contribution in [0.3, 0.4) is 0 Å². The standard InChI is InChI=1S/C23H20N4O2/c1-13-9-10-17(11-14(13)2)26-12-20(29-16(4)28)21-22(26)24-15(3)27-19-8-6-5-7-18(19)25-23(21)27/h5-12H,1-4H3. The van der Waals surface area contributed by atoms with E-state index in [0.717, 1.165) is 33.6 Å². The average Bonchev–Trinajstić information content (AvgIpc) is 3.22. The molecule has 29 heavy (non-hydrogen) atoms. The Hall–Kier alpha value is -3.67. The van der Waals surface area contributed by atoms with Gasteiger partial charge in [0.2, 0.25) is 0 Å². The van der Waals surface area contributed by atoms with Crippen molar-refractivity contribution in [2.45, 2.75) is 27.7 Å². The molecule has 5 aromatic rings. The van der Waals surface area contributed by atoms with E-state index in [-0.39, 0.29) is 5.97 Å². The van der Waals surface area contributed by atoms with Crippen molar-refractivity contribution in [3.63, 3.8) is 0 Å². The number of nitrogens with zero attached hydrogens (tertiary/aromatic N) is 4. The first kappa shape index (κ1) is 17.4. The van der Waals surface area contributed by atoms with Crippen LogP contribution in [-0.2, 0) is 4.79 Å². The molecule has 0 aliphatic carbocycles. The van der Waals surface area contributed by atoms with Crippen LogP contribution in [0, 0.1) is 20.8 Å². The highest BCUT2D eigenvalue weighted by molar-refractivity contribution is 6.01. The predicted molar refractivity (Wildman–Crippen MR) is 113 cm³/mol. The number of carbonyl (C=O) groups excluding carboxylic acids is 1. The van der Waals surface area contributed by atoms with E-state index >= 15 is 0 Å². The van der Waals surface area contributed by atoms with Gasteiger partial charge in [0.05, 0.1) is 17.2 Å². The van der Waals surface area contributed by atoms with E-state index in [9.17, 15) is 4.79 Å². The lowest BCUT2D eigenvalue weighted by atomic mass is 10.1. The van der Waals surface area contributed by atoms with Crippen molar-refractivity contribution in [2.24, 2.45) is 0 Å². The van der Waals surface area contributed by atoms with Crippen molar-refractivity contribution >= 4 is 33.7 Å². The molecule has 0 unspecified atom stereocenters. The molecule has 0 amide bonds. The molecule has 0 bridgehead atoms. The van der Waals surface area contributed by atoms with Crippen molar-refractivity contribution in [1.82, 2.24) is 18.9 Å². The minimum absolute atomic E-state index is 0.376. The highest BCUT2D eigenvalue weighted by atomic mass is 16.5. The molecule has 5 rings (SSSR count). The van der Waals surface area contributed by atoms with Crippen molar-refractivity contribution in [2.75, 3.05) is 0 Å². The normalized spacial score (nSPS) is 11.6. The maximum atomic E-state index is 11.8. The number of fused-ring (bicyclic) bond motifs is 5. The zero-order valence-corrected chi connectivity index (χ0v) is 16.7. The maximum Gasteiger partial charge on any atom is 0.308 e. The van der Waals surface area contributed by atoms with Crippen LogP contribution in [0.1, 0.15) is 23.9 Å². The van der Waals surface area contributed by atoms with Crippen molar-refractivity contribution in [3.8, 4) is 11.4 Å². The van der Waals surface area contributed by atoms with Crippen LogP contribution in [0.4, 0.5) is 0 Å². The molecule has 6 nitrogen and oxygen atoms in total. The monoisotopic (exact) mass is 384 g/mol. The van der Waals surface area contributed by atoms with Gasteiger partial charge in [-0.05, 0) is 56.2 Å². The number of hydrogen-bond donors (Lipinski definition) is 0. The summed E-state index contributed by atoms with van der Waals surface area (Å²) in [4.78, 5) is 21.5. The molecule has 0 saturated heterocycles. The Morgan fingerprint density at radius 3 is 2.52 bits per heavy atom. The first-order valence-electron chi connectivity index (χ1n) is 9.49. The Morgan fingerprint density at radius 1 is 0.966 bits per heavy atom.